The fourth-order valence-corrected chi connectivity index (χ4v) is 3.25. The minimum Gasteiger partial charge on any atom is -0.488 e. The molecule has 0 amide bonds. The molecule has 3 heteroatoms. The maximum atomic E-state index is 6.33. The van der Waals surface area contributed by atoms with E-state index in [2.05, 4.69) is 41.4 Å². The molecular formula is C17H26N2O. The van der Waals surface area contributed by atoms with Gasteiger partial charge >= 0.3 is 0 Å². The van der Waals surface area contributed by atoms with Crippen LogP contribution in [0.4, 0.5) is 5.69 Å². The molecule has 110 valence electrons. The van der Waals surface area contributed by atoms with Crippen LogP contribution in [0.5, 0.6) is 5.75 Å². The van der Waals surface area contributed by atoms with Gasteiger partial charge in [0.2, 0.25) is 0 Å². The van der Waals surface area contributed by atoms with Crippen LogP contribution >= 0.6 is 0 Å². The van der Waals surface area contributed by atoms with Crippen LogP contribution in [0, 0.1) is 5.92 Å². The number of hydrogen-bond donors (Lipinski definition) is 1. The van der Waals surface area contributed by atoms with Gasteiger partial charge in [-0.25, -0.2) is 0 Å². The molecule has 0 bridgehead atoms. The lowest BCUT2D eigenvalue weighted by atomic mass is 9.89. The van der Waals surface area contributed by atoms with Crippen LogP contribution in [0.1, 0.15) is 32.6 Å². The van der Waals surface area contributed by atoms with Crippen LogP contribution < -0.4 is 15.0 Å². The second kappa shape index (κ2) is 6.49. The standard InChI is InChI=1S/C17H26N2O/c1-14-6-8-15(9-7-14)20-17-5-3-2-4-16(17)19-12-10-18-11-13-19/h2-5,14-15,18H,6-13H2,1H3. The lowest BCUT2D eigenvalue weighted by molar-refractivity contribution is 0.136. The molecule has 2 fully saturated rings. The molecular weight excluding hydrogens is 248 g/mol. The van der Waals surface area contributed by atoms with E-state index in [4.69, 9.17) is 4.74 Å². The Morgan fingerprint density at radius 1 is 1.05 bits per heavy atom. The zero-order valence-electron chi connectivity index (χ0n) is 12.5. The molecule has 2 aliphatic rings. The molecule has 1 aromatic carbocycles. The largest absolute Gasteiger partial charge is 0.488 e. The molecule has 1 saturated carbocycles. The van der Waals surface area contributed by atoms with Crippen molar-refractivity contribution in [3.63, 3.8) is 0 Å². The number of nitrogens with one attached hydrogen (secondary N) is 1. The van der Waals surface area contributed by atoms with E-state index in [9.17, 15) is 0 Å². The Kier molecular flexibility index (Phi) is 4.46. The van der Waals surface area contributed by atoms with E-state index in [-0.39, 0.29) is 0 Å². The topological polar surface area (TPSA) is 24.5 Å². The fraction of sp³-hybridized carbons (Fsp3) is 0.647. The first-order valence-electron chi connectivity index (χ1n) is 8.04. The fourth-order valence-electron chi connectivity index (χ4n) is 3.25. The molecule has 0 unspecified atom stereocenters. The number of anilines is 1. The summed E-state index contributed by atoms with van der Waals surface area (Å²) in [6, 6.07) is 8.54. The van der Waals surface area contributed by atoms with Crippen molar-refractivity contribution in [1.82, 2.24) is 5.32 Å². The van der Waals surface area contributed by atoms with Crippen LogP contribution in [0.2, 0.25) is 0 Å². The summed E-state index contributed by atoms with van der Waals surface area (Å²) in [7, 11) is 0. The van der Waals surface area contributed by atoms with Crippen molar-refractivity contribution in [1.29, 1.82) is 0 Å². The molecule has 1 aliphatic heterocycles. The van der Waals surface area contributed by atoms with Crippen molar-refractivity contribution in [2.75, 3.05) is 31.1 Å². The molecule has 0 spiro atoms. The van der Waals surface area contributed by atoms with Crippen molar-refractivity contribution in [2.45, 2.75) is 38.7 Å². The normalized spacial score (nSPS) is 27.4. The van der Waals surface area contributed by atoms with Crippen LogP contribution in [0.15, 0.2) is 24.3 Å². The van der Waals surface area contributed by atoms with E-state index < -0.39 is 0 Å². The first kappa shape index (κ1) is 13.7. The van der Waals surface area contributed by atoms with Gasteiger partial charge in [0.15, 0.2) is 0 Å². The number of nitrogens with zero attached hydrogens (tertiary/aromatic N) is 1. The number of rotatable bonds is 3. The molecule has 0 aromatic heterocycles. The molecule has 1 saturated heterocycles. The summed E-state index contributed by atoms with van der Waals surface area (Å²) in [5.74, 6) is 1.95. The predicted molar refractivity (Wildman–Crippen MR) is 83.6 cm³/mol. The van der Waals surface area contributed by atoms with Crippen LogP contribution in [-0.4, -0.2) is 32.3 Å². The third kappa shape index (κ3) is 3.26. The van der Waals surface area contributed by atoms with E-state index in [1.807, 2.05) is 0 Å². The Balaban J connectivity index is 1.69. The van der Waals surface area contributed by atoms with Gasteiger partial charge in [-0.15, -0.1) is 0 Å². The highest BCUT2D eigenvalue weighted by molar-refractivity contribution is 5.58. The Labute approximate surface area is 122 Å². The first-order valence-corrected chi connectivity index (χ1v) is 8.04. The monoisotopic (exact) mass is 274 g/mol. The van der Waals surface area contributed by atoms with Gasteiger partial charge in [-0.1, -0.05) is 19.1 Å². The number of piperazine rings is 1. The highest BCUT2D eigenvalue weighted by atomic mass is 16.5. The summed E-state index contributed by atoms with van der Waals surface area (Å²) in [6.45, 7) is 6.62. The number of ether oxygens (including phenoxy) is 1. The maximum absolute atomic E-state index is 6.33. The average molecular weight is 274 g/mol. The third-order valence-corrected chi connectivity index (χ3v) is 4.58. The van der Waals surface area contributed by atoms with Gasteiger partial charge < -0.3 is 15.0 Å². The molecule has 1 heterocycles. The van der Waals surface area contributed by atoms with E-state index >= 15 is 0 Å². The predicted octanol–water partition coefficient (Wildman–Crippen LogP) is 3.05. The van der Waals surface area contributed by atoms with E-state index in [1.165, 1.54) is 31.4 Å². The molecule has 1 N–H and O–H groups in total. The smallest absolute Gasteiger partial charge is 0.143 e. The van der Waals surface area contributed by atoms with Gasteiger partial charge in [-0.05, 0) is 43.7 Å². The Morgan fingerprint density at radius 3 is 2.50 bits per heavy atom. The van der Waals surface area contributed by atoms with Crippen molar-refractivity contribution in [3.8, 4) is 5.75 Å². The maximum Gasteiger partial charge on any atom is 0.143 e. The SMILES string of the molecule is CC1CCC(Oc2ccccc2N2CCNCC2)CC1. The van der Waals surface area contributed by atoms with E-state index in [1.54, 1.807) is 0 Å². The summed E-state index contributed by atoms with van der Waals surface area (Å²) >= 11 is 0. The number of benzene rings is 1. The van der Waals surface area contributed by atoms with E-state index in [0.717, 1.165) is 37.8 Å². The highest BCUT2D eigenvalue weighted by Gasteiger charge is 2.21. The highest BCUT2D eigenvalue weighted by Crippen LogP contribution is 2.33. The summed E-state index contributed by atoms with van der Waals surface area (Å²) < 4.78 is 6.33. The molecule has 0 radical (unpaired) electrons. The third-order valence-electron chi connectivity index (χ3n) is 4.58. The van der Waals surface area contributed by atoms with E-state index in [0.29, 0.717) is 6.10 Å². The van der Waals surface area contributed by atoms with Gasteiger partial charge in [0.25, 0.3) is 0 Å². The molecule has 20 heavy (non-hydrogen) atoms. The van der Waals surface area contributed by atoms with Crippen LogP contribution in [-0.2, 0) is 0 Å². The van der Waals surface area contributed by atoms with Gasteiger partial charge in [0, 0.05) is 26.2 Å². The van der Waals surface area contributed by atoms with Gasteiger partial charge in [0.1, 0.15) is 5.75 Å². The van der Waals surface area contributed by atoms with Crippen molar-refractivity contribution in [2.24, 2.45) is 5.92 Å². The van der Waals surface area contributed by atoms with Crippen molar-refractivity contribution < 1.29 is 4.74 Å². The molecule has 1 aliphatic carbocycles. The van der Waals surface area contributed by atoms with Gasteiger partial charge in [-0.2, -0.15) is 0 Å². The zero-order valence-corrected chi connectivity index (χ0v) is 12.5. The Morgan fingerprint density at radius 2 is 1.75 bits per heavy atom. The average Bonchev–Trinajstić information content (AvgIpc) is 2.51. The number of para-hydroxylation sites is 2. The lowest BCUT2D eigenvalue weighted by Crippen LogP contribution is -2.43. The number of hydrogen-bond acceptors (Lipinski definition) is 3. The molecule has 1 aromatic rings. The molecule has 3 rings (SSSR count). The molecule has 3 nitrogen and oxygen atoms in total. The van der Waals surface area contributed by atoms with Gasteiger partial charge in [-0.3, -0.25) is 0 Å². The summed E-state index contributed by atoms with van der Waals surface area (Å²) in [4.78, 5) is 2.44. The van der Waals surface area contributed by atoms with Crippen molar-refractivity contribution >= 4 is 5.69 Å². The Bertz CT molecular complexity index is 421. The van der Waals surface area contributed by atoms with Crippen molar-refractivity contribution in [3.05, 3.63) is 24.3 Å². The van der Waals surface area contributed by atoms with Crippen LogP contribution in [0.3, 0.4) is 0 Å². The first-order chi connectivity index (χ1) is 9.83. The second-order valence-corrected chi connectivity index (χ2v) is 6.20. The summed E-state index contributed by atoms with van der Waals surface area (Å²) in [5, 5.41) is 3.41. The lowest BCUT2D eigenvalue weighted by Gasteiger charge is -2.33. The van der Waals surface area contributed by atoms with Crippen LogP contribution in [0.25, 0.3) is 0 Å². The van der Waals surface area contributed by atoms with Gasteiger partial charge in [0.05, 0.1) is 11.8 Å². The molecule has 0 atom stereocenters. The summed E-state index contributed by atoms with van der Waals surface area (Å²) in [5.41, 5.74) is 1.27. The minimum absolute atomic E-state index is 0.412. The quantitative estimate of drug-likeness (QED) is 0.917. The second-order valence-electron chi connectivity index (χ2n) is 6.20. The minimum atomic E-state index is 0.412. The summed E-state index contributed by atoms with van der Waals surface area (Å²) in [6.07, 6.45) is 5.44. The zero-order chi connectivity index (χ0) is 13.8. The Hall–Kier alpha value is -1.22.